The number of carboxylic acids is 1. The molecule has 0 unspecified atom stereocenters. The van der Waals surface area contributed by atoms with Gasteiger partial charge >= 0.3 is 5.97 Å². The quantitative estimate of drug-likeness (QED) is 0.832. The molecule has 2 aromatic rings. The minimum absolute atomic E-state index is 0.0127. The Morgan fingerprint density at radius 2 is 2.00 bits per heavy atom. The summed E-state index contributed by atoms with van der Waals surface area (Å²) < 4.78 is 5.12. The summed E-state index contributed by atoms with van der Waals surface area (Å²) in [5, 5.41) is 8.69. The molecule has 2 rings (SSSR count). The second-order valence-corrected chi connectivity index (χ2v) is 4.27. The summed E-state index contributed by atoms with van der Waals surface area (Å²) in [6.07, 6.45) is 0. The van der Waals surface area contributed by atoms with E-state index >= 15 is 0 Å². The van der Waals surface area contributed by atoms with Gasteiger partial charge in [0, 0.05) is 0 Å². The first kappa shape index (κ1) is 10.6. The molecule has 82 valence electrons. The summed E-state index contributed by atoms with van der Waals surface area (Å²) in [6.45, 7) is 1.49. The fraction of sp³-hybridized carbons (Fsp3) is 0.0909. The number of rotatable bonds is 3. The van der Waals surface area contributed by atoms with Crippen molar-refractivity contribution in [2.75, 3.05) is 0 Å². The Bertz CT molecular complexity index is 500. The average molecular weight is 236 g/mol. The molecular weight excluding hydrogens is 228 g/mol. The average Bonchev–Trinajstić information content (AvgIpc) is 2.86. The molecule has 0 aromatic carbocycles. The number of carbonyl (C=O) groups excluding carboxylic acids is 1. The summed E-state index contributed by atoms with van der Waals surface area (Å²) in [5.74, 6) is -0.751. The van der Waals surface area contributed by atoms with Crippen molar-refractivity contribution in [1.82, 2.24) is 0 Å². The molecular formula is C11H8O4S. The van der Waals surface area contributed by atoms with E-state index in [1.807, 2.05) is 0 Å². The van der Waals surface area contributed by atoms with E-state index in [1.54, 1.807) is 18.2 Å². The second-order valence-electron chi connectivity index (χ2n) is 3.19. The lowest BCUT2D eigenvalue weighted by Crippen LogP contribution is -1.91. The van der Waals surface area contributed by atoms with Crippen LogP contribution in [-0.4, -0.2) is 16.9 Å². The largest absolute Gasteiger partial charge is 0.475 e. The summed E-state index contributed by atoms with van der Waals surface area (Å²) in [6, 6.07) is 6.42. The number of aromatic carboxylic acids is 1. The second kappa shape index (κ2) is 3.94. The lowest BCUT2D eigenvalue weighted by atomic mass is 10.3. The van der Waals surface area contributed by atoms with Crippen LogP contribution in [0.25, 0.3) is 10.6 Å². The van der Waals surface area contributed by atoms with E-state index in [-0.39, 0.29) is 11.5 Å². The van der Waals surface area contributed by atoms with Crippen LogP contribution >= 0.6 is 11.3 Å². The van der Waals surface area contributed by atoms with E-state index in [0.717, 1.165) is 4.88 Å². The minimum atomic E-state index is -1.10. The zero-order chi connectivity index (χ0) is 11.7. The van der Waals surface area contributed by atoms with Gasteiger partial charge in [-0.15, -0.1) is 11.3 Å². The fourth-order valence-electron chi connectivity index (χ4n) is 1.24. The first-order valence-corrected chi connectivity index (χ1v) is 5.34. The summed E-state index contributed by atoms with van der Waals surface area (Å²) >= 11 is 1.28. The van der Waals surface area contributed by atoms with Crippen molar-refractivity contribution in [2.45, 2.75) is 6.92 Å². The monoisotopic (exact) mass is 236 g/mol. The number of ketones is 1. The van der Waals surface area contributed by atoms with Crippen molar-refractivity contribution in [1.29, 1.82) is 0 Å². The van der Waals surface area contributed by atoms with E-state index in [1.165, 1.54) is 24.3 Å². The maximum atomic E-state index is 11.1. The molecule has 0 aliphatic rings. The summed E-state index contributed by atoms with van der Waals surface area (Å²) in [4.78, 5) is 23.1. The molecule has 0 spiro atoms. The molecule has 0 atom stereocenters. The van der Waals surface area contributed by atoms with Gasteiger partial charge in [-0.1, -0.05) is 0 Å². The number of hydrogen-bond donors (Lipinski definition) is 1. The van der Waals surface area contributed by atoms with Gasteiger partial charge in [-0.25, -0.2) is 4.79 Å². The number of hydrogen-bond acceptors (Lipinski definition) is 4. The molecule has 0 amide bonds. The highest BCUT2D eigenvalue weighted by atomic mass is 32.1. The van der Waals surface area contributed by atoms with Crippen LogP contribution < -0.4 is 0 Å². The Morgan fingerprint density at radius 1 is 1.25 bits per heavy atom. The predicted molar refractivity (Wildman–Crippen MR) is 59.0 cm³/mol. The van der Waals surface area contributed by atoms with Crippen LogP contribution in [0.15, 0.2) is 28.7 Å². The highest BCUT2D eigenvalue weighted by Gasteiger charge is 2.12. The molecule has 0 fully saturated rings. The van der Waals surface area contributed by atoms with Gasteiger partial charge < -0.3 is 9.52 Å². The van der Waals surface area contributed by atoms with Gasteiger partial charge in [-0.2, -0.15) is 0 Å². The molecule has 2 heterocycles. The Balaban J connectivity index is 2.35. The maximum absolute atomic E-state index is 11.1. The van der Waals surface area contributed by atoms with Gasteiger partial charge in [0.25, 0.3) is 0 Å². The molecule has 16 heavy (non-hydrogen) atoms. The highest BCUT2D eigenvalue weighted by molar-refractivity contribution is 7.17. The zero-order valence-electron chi connectivity index (χ0n) is 8.39. The first-order chi connectivity index (χ1) is 7.58. The van der Waals surface area contributed by atoms with Gasteiger partial charge in [0.05, 0.1) is 9.75 Å². The Kier molecular flexibility index (Phi) is 2.62. The van der Waals surface area contributed by atoms with E-state index in [2.05, 4.69) is 0 Å². The number of carboxylic acid groups (broad SMARTS) is 1. The minimum Gasteiger partial charge on any atom is -0.475 e. The Hall–Kier alpha value is -1.88. The zero-order valence-corrected chi connectivity index (χ0v) is 9.21. The lowest BCUT2D eigenvalue weighted by molar-refractivity contribution is 0.0663. The number of furan rings is 1. The Morgan fingerprint density at radius 3 is 2.50 bits per heavy atom. The van der Waals surface area contributed by atoms with Crippen LogP contribution in [0.2, 0.25) is 0 Å². The SMILES string of the molecule is CC(=O)c1ccc(-c2ccc(C(=O)O)o2)s1. The third-order valence-corrected chi connectivity index (χ3v) is 3.21. The van der Waals surface area contributed by atoms with Crippen molar-refractivity contribution >= 4 is 23.1 Å². The van der Waals surface area contributed by atoms with Gasteiger partial charge in [0.2, 0.25) is 5.76 Å². The number of Topliss-reactive ketones (excluding diaryl/α,β-unsaturated/α-hetero) is 1. The standard InChI is InChI=1S/C11H8O4S/c1-6(12)9-4-5-10(16-9)7-2-3-8(15-7)11(13)14/h2-5H,1H3,(H,13,14). The number of thiophene rings is 1. The molecule has 5 heteroatoms. The fourth-order valence-corrected chi connectivity index (χ4v) is 2.11. The maximum Gasteiger partial charge on any atom is 0.371 e. The van der Waals surface area contributed by atoms with Crippen molar-refractivity contribution < 1.29 is 19.1 Å². The predicted octanol–water partition coefficient (Wildman–Crippen LogP) is 2.91. The van der Waals surface area contributed by atoms with Crippen LogP contribution in [0.4, 0.5) is 0 Å². The van der Waals surface area contributed by atoms with E-state index in [9.17, 15) is 9.59 Å². The lowest BCUT2D eigenvalue weighted by Gasteiger charge is -1.89. The van der Waals surface area contributed by atoms with Crippen molar-refractivity contribution in [3.05, 3.63) is 34.9 Å². The van der Waals surface area contributed by atoms with Gasteiger partial charge in [-0.3, -0.25) is 4.79 Å². The van der Waals surface area contributed by atoms with Crippen LogP contribution in [0.1, 0.15) is 27.2 Å². The topological polar surface area (TPSA) is 67.5 Å². The smallest absolute Gasteiger partial charge is 0.371 e. The summed E-state index contributed by atoms with van der Waals surface area (Å²) in [5.41, 5.74) is 0. The van der Waals surface area contributed by atoms with E-state index in [0.29, 0.717) is 10.6 Å². The van der Waals surface area contributed by atoms with Crippen molar-refractivity contribution in [3.8, 4) is 10.6 Å². The summed E-state index contributed by atoms with van der Waals surface area (Å²) in [7, 11) is 0. The molecule has 1 N–H and O–H groups in total. The van der Waals surface area contributed by atoms with Gasteiger partial charge in [-0.05, 0) is 31.2 Å². The molecule has 0 aliphatic carbocycles. The third-order valence-electron chi connectivity index (χ3n) is 2.01. The normalized spacial score (nSPS) is 10.3. The Labute approximate surface area is 95.1 Å². The van der Waals surface area contributed by atoms with E-state index in [4.69, 9.17) is 9.52 Å². The van der Waals surface area contributed by atoms with Crippen molar-refractivity contribution in [3.63, 3.8) is 0 Å². The molecule has 4 nitrogen and oxygen atoms in total. The molecule has 0 aliphatic heterocycles. The van der Waals surface area contributed by atoms with Crippen LogP contribution in [0.5, 0.6) is 0 Å². The van der Waals surface area contributed by atoms with Gasteiger partial charge in [0.1, 0.15) is 5.76 Å². The first-order valence-electron chi connectivity index (χ1n) is 4.52. The van der Waals surface area contributed by atoms with Crippen LogP contribution in [-0.2, 0) is 0 Å². The molecule has 0 saturated carbocycles. The van der Waals surface area contributed by atoms with Gasteiger partial charge in [0.15, 0.2) is 5.78 Å². The molecule has 0 bridgehead atoms. The highest BCUT2D eigenvalue weighted by Crippen LogP contribution is 2.29. The third kappa shape index (κ3) is 1.90. The molecule has 0 saturated heterocycles. The molecule has 2 aromatic heterocycles. The van der Waals surface area contributed by atoms with E-state index < -0.39 is 5.97 Å². The van der Waals surface area contributed by atoms with Crippen LogP contribution in [0, 0.1) is 0 Å². The molecule has 0 radical (unpaired) electrons. The van der Waals surface area contributed by atoms with Crippen LogP contribution in [0.3, 0.4) is 0 Å². The number of carbonyl (C=O) groups is 2. The van der Waals surface area contributed by atoms with Crippen molar-refractivity contribution in [2.24, 2.45) is 0 Å².